The van der Waals surface area contributed by atoms with E-state index in [4.69, 9.17) is 0 Å². The van der Waals surface area contributed by atoms with Crippen LogP contribution in [0.25, 0.3) is 0 Å². The van der Waals surface area contributed by atoms with Gasteiger partial charge in [0.25, 0.3) is 11.6 Å². The fourth-order valence-electron chi connectivity index (χ4n) is 2.82. The molecule has 8 nitrogen and oxygen atoms in total. The maximum absolute atomic E-state index is 12.4. The SMILES string of the molecule is CCn1c(SCc2ccc([N+](=O)[O-])cc2)nnc1C(C)NC(=O)c1ccccc1. The van der Waals surface area contributed by atoms with Gasteiger partial charge in [-0.05, 0) is 31.5 Å². The molecule has 0 aliphatic heterocycles. The second-order valence-electron chi connectivity index (χ2n) is 6.36. The lowest BCUT2D eigenvalue weighted by molar-refractivity contribution is -0.384. The largest absolute Gasteiger partial charge is 0.342 e. The Morgan fingerprint density at radius 3 is 2.48 bits per heavy atom. The Morgan fingerprint density at radius 2 is 1.86 bits per heavy atom. The standard InChI is InChI=1S/C20H21N5O3S/c1-3-24-18(14(2)21-19(26)16-7-5-4-6-8-16)22-23-20(24)29-13-15-9-11-17(12-10-15)25(27)28/h4-12,14H,3,13H2,1-2H3,(H,21,26). The Hall–Kier alpha value is -3.20. The molecule has 9 heteroatoms. The van der Waals surface area contributed by atoms with Crippen LogP contribution in [0.5, 0.6) is 0 Å². The molecule has 1 aromatic heterocycles. The van der Waals surface area contributed by atoms with Crippen molar-refractivity contribution in [3.63, 3.8) is 0 Å². The molecule has 150 valence electrons. The molecule has 0 aliphatic carbocycles. The number of hydrogen-bond acceptors (Lipinski definition) is 6. The van der Waals surface area contributed by atoms with Crippen LogP contribution >= 0.6 is 11.8 Å². The summed E-state index contributed by atoms with van der Waals surface area (Å²) in [6.07, 6.45) is 0. The highest BCUT2D eigenvalue weighted by atomic mass is 32.2. The van der Waals surface area contributed by atoms with Crippen LogP contribution in [-0.4, -0.2) is 25.6 Å². The van der Waals surface area contributed by atoms with E-state index in [-0.39, 0.29) is 17.6 Å². The normalized spacial score (nSPS) is 11.8. The van der Waals surface area contributed by atoms with Crippen molar-refractivity contribution in [3.8, 4) is 0 Å². The summed E-state index contributed by atoms with van der Waals surface area (Å²) in [5, 5.41) is 23.0. The third-order valence-electron chi connectivity index (χ3n) is 4.35. The minimum absolute atomic E-state index is 0.0701. The van der Waals surface area contributed by atoms with Gasteiger partial charge in [-0.1, -0.05) is 42.1 Å². The monoisotopic (exact) mass is 411 g/mol. The summed E-state index contributed by atoms with van der Waals surface area (Å²) in [6.45, 7) is 4.53. The molecule has 0 bridgehead atoms. The highest BCUT2D eigenvalue weighted by molar-refractivity contribution is 7.98. The lowest BCUT2D eigenvalue weighted by Gasteiger charge is -2.15. The molecule has 0 saturated heterocycles. The maximum Gasteiger partial charge on any atom is 0.269 e. The van der Waals surface area contributed by atoms with E-state index in [0.29, 0.717) is 23.7 Å². The summed E-state index contributed by atoms with van der Waals surface area (Å²) in [5.41, 5.74) is 1.62. The molecule has 1 N–H and O–H groups in total. The van der Waals surface area contributed by atoms with Gasteiger partial charge in [0, 0.05) is 30.0 Å². The van der Waals surface area contributed by atoms with Gasteiger partial charge in [0.2, 0.25) is 0 Å². The molecule has 0 saturated carbocycles. The van der Waals surface area contributed by atoms with Crippen LogP contribution in [0.2, 0.25) is 0 Å². The zero-order chi connectivity index (χ0) is 20.8. The van der Waals surface area contributed by atoms with Gasteiger partial charge < -0.3 is 9.88 Å². The van der Waals surface area contributed by atoms with E-state index < -0.39 is 4.92 Å². The summed E-state index contributed by atoms with van der Waals surface area (Å²) in [6, 6.07) is 15.2. The number of carbonyl (C=O) groups is 1. The topological polar surface area (TPSA) is 103 Å². The predicted octanol–water partition coefficient (Wildman–Crippen LogP) is 3.99. The van der Waals surface area contributed by atoms with E-state index in [1.54, 1.807) is 24.3 Å². The molecule has 0 fully saturated rings. The molecular weight excluding hydrogens is 390 g/mol. The van der Waals surface area contributed by atoms with E-state index in [1.807, 2.05) is 36.6 Å². The van der Waals surface area contributed by atoms with Gasteiger partial charge in [-0.25, -0.2) is 0 Å². The van der Waals surface area contributed by atoms with Crippen LogP contribution in [0.3, 0.4) is 0 Å². The summed E-state index contributed by atoms with van der Waals surface area (Å²) in [5.74, 6) is 1.13. The van der Waals surface area contributed by atoms with Crippen LogP contribution in [0.1, 0.15) is 41.6 Å². The molecule has 1 amide bonds. The molecular formula is C20H21N5O3S. The Morgan fingerprint density at radius 1 is 1.17 bits per heavy atom. The number of carbonyl (C=O) groups excluding carboxylic acids is 1. The predicted molar refractivity (Wildman–Crippen MR) is 111 cm³/mol. The average Bonchev–Trinajstić information content (AvgIpc) is 3.16. The zero-order valence-electron chi connectivity index (χ0n) is 16.1. The van der Waals surface area contributed by atoms with Gasteiger partial charge in [-0.15, -0.1) is 10.2 Å². The number of nitrogens with zero attached hydrogens (tertiary/aromatic N) is 4. The second kappa shape index (κ2) is 9.33. The van der Waals surface area contributed by atoms with E-state index in [0.717, 1.165) is 10.7 Å². The molecule has 1 heterocycles. The number of aromatic nitrogens is 3. The summed E-state index contributed by atoms with van der Waals surface area (Å²) < 4.78 is 1.96. The Balaban J connectivity index is 1.67. The number of nitro groups is 1. The van der Waals surface area contributed by atoms with Gasteiger partial charge in [0.15, 0.2) is 11.0 Å². The summed E-state index contributed by atoms with van der Waals surface area (Å²) in [4.78, 5) is 22.7. The van der Waals surface area contributed by atoms with Crippen molar-refractivity contribution in [2.24, 2.45) is 0 Å². The quantitative estimate of drug-likeness (QED) is 0.341. The number of nitrogens with one attached hydrogen (secondary N) is 1. The highest BCUT2D eigenvalue weighted by Gasteiger charge is 2.19. The van der Waals surface area contributed by atoms with E-state index in [9.17, 15) is 14.9 Å². The van der Waals surface area contributed by atoms with Crippen molar-refractivity contribution in [2.45, 2.75) is 37.3 Å². The number of hydrogen-bond donors (Lipinski definition) is 1. The fourth-order valence-corrected chi connectivity index (χ4v) is 3.79. The Bertz CT molecular complexity index is 989. The second-order valence-corrected chi connectivity index (χ2v) is 7.30. The molecule has 2 aromatic carbocycles. The summed E-state index contributed by atoms with van der Waals surface area (Å²) >= 11 is 1.50. The molecule has 0 spiro atoms. The van der Waals surface area contributed by atoms with Gasteiger partial charge in [-0.3, -0.25) is 14.9 Å². The van der Waals surface area contributed by atoms with Crippen molar-refractivity contribution in [3.05, 3.63) is 81.7 Å². The minimum Gasteiger partial charge on any atom is -0.342 e. The molecule has 1 atom stereocenters. The number of nitro benzene ring substituents is 1. The number of rotatable bonds is 8. The van der Waals surface area contributed by atoms with Crippen LogP contribution in [0.4, 0.5) is 5.69 Å². The van der Waals surface area contributed by atoms with E-state index in [1.165, 1.54) is 23.9 Å². The van der Waals surface area contributed by atoms with Gasteiger partial charge >= 0.3 is 0 Å². The lowest BCUT2D eigenvalue weighted by atomic mass is 10.2. The van der Waals surface area contributed by atoms with Crippen molar-refractivity contribution in [2.75, 3.05) is 0 Å². The molecule has 1 unspecified atom stereocenters. The molecule has 3 aromatic rings. The van der Waals surface area contributed by atoms with Crippen molar-refractivity contribution in [1.82, 2.24) is 20.1 Å². The van der Waals surface area contributed by atoms with Gasteiger partial charge in [0.1, 0.15) is 0 Å². The average molecular weight is 411 g/mol. The highest BCUT2D eigenvalue weighted by Crippen LogP contribution is 2.25. The third-order valence-corrected chi connectivity index (χ3v) is 5.39. The van der Waals surface area contributed by atoms with Crippen LogP contribution < -0.4 is 5.32 Å². The van der Waals surface area contributed by atoms with Crippen LogP contribution in [-0.2, 0) is 12.3 Å². The van der Waals surface area contributed by atoms with Crippen molar-refractivity contribution in [1.29, 1.82) is 0 Å². The van der Waals surface area contributed by atoms with Crippen molar-refractivity contribution < 1.29 is 9.72 Å². The smallest absolute Gasteiger partial charge is 0.269 e. The first-order valence-corrected chi connectivity index (χ1v) is 10.1. The van der Waals surface area contributed by atoms with Crippen LogP contribution in [0.15, 0.2) is 59.8 Å². The van der Waals surface area contributed by atoms with E-state index >= 15 is 0 Å². The first kappa shape index (κ1) is 20.5. The fraction of sp³-hybridized carbons (Fsp3) is 0.250. The molecule has 29 heavy (non-hydrogen) atoms. The summed E-state index contributed by atoms with van der Waals surface area (Å²) in [7, 11) is 0. The van der Waals surface area contributed by atoms with Gasteiger partial charge in [0.05, 0.1) is 11.0 Å². The molecule has 0 radical (unpaired) electrons. The number of amides is 1. The van der Waals surface area contributed by atoms with Gasteiger partial charge in [-0.2, -0.15) is 0 Å². The molecule has 0 aliphatic rings. The maximum atomic E-state index is 12.4. The number of benzene rings is 2. The van der Waals surface area contributed by atoms with Crippen LogP contribution in [0, 0.1) is 10.1 Å². The number of thioether (sulfide) groups is 1. The third kappa shape index (κ3) is 5.00. The number of non-ortho nitro benzene ring substituents is 1. The Kier molecular flexibility index (Phi) is 6.61. The van der Waals surface area contributed by atoms with Crippen molar-refractivity contribution >= 4 is 23.4 Å². The lowest BCUT2D eigenvalue weighted by Crippen LogP contribution is -2.28. The first-order chi connectivity index (χ1) is 14.0. The first-order valence-electron chi connectivity index (χ1n) is 9.14. The van der Waals surface area contributed by atoms with E-state index in [2.05, 4.69) is 15.5 Å². The zero-order valence-corrected chi connectivity index (χ0v) is 16.9. The minimum atomic E-state index is -0.415. The molecule has 3 rings (SSSR count). The Labute approximate surface area is 172 Å².